The maximum atomic E-state index is 11.8. The van der Waals surface area contributed by atoms with Crippen molar-refractivity contribution in [3.05, 3.63) is 47.8 Å². The molecule has 0 aliphatic carbocycles. The maximum absolute atomic E-state index is 11.8. The van der Waals surface area contributed by atoms with Crippen LogP contribution in [0.3, 0.4) is 0 Å². The fourth-order valence-corrected chi connectivity index (χ4v) is 1.21. The number of nitrogens with two attached hydrogens (primary N) is 1. The number of carbonyl (C=O) groups excluding carboxylic acids is 1. The smallest absolute Gasteiger partial charge is 0.212 e. The number of nitrogens with one attached hydrogen (secondary N) is 1. The van der Waals surface area contributed by atoms with Crippen LogP contribution in [0.25, 0.3) is 0 Å². The largest absolute Gasteiger partial charge is 0.396 e. The third-order valence-electron chi connectivity index (χ3n) is 1.93. The highest BCUT2D eigenvalue weighted by atomic mass is 16.1. The molecule has 3 N–H and O–H groups in total. The second-order valence-corrected chi connectivity index (χ2v) is 2.90. The van der Waals surface area contributed by atoms with Gasteiger partial charge in [-0.3, -0.25) is 9.89 Å². The molecule has 14 heavy (non-hydrogen) atoms. The molecule has 0 unspecified atom stereocenters. The number of hydrogen-bond donors (Lipinski definition) is 2. The van der Waals surface area contributed by atoms with Crippen molar-refractivity contribution >= 4 is 11.5 Å². The molecule has 0 aliphatic rings. The molecule has 1 heterocycles. The van der Waals surface area contributed by atoms with Crippen molar-refractivity contribution in [2.24, 2.45) is 0 Å². The van der Waals surface area contributed by atoms with Gasteiger partial charge in [-0.1, -0.05) is 30.3 Å². The van der Waals surface area contributed by atoms with E-state index in [1.807, 2.05) is 6.07 Å². The summed E-state index contributed by atoms with van der Waals surface area (Å²) < 4.78 is 0. The van der Waals surface area contributed by atoms with Crippen molar-refractivity contribution in [1.29, 1.82) is 0 Å². The van der Waals surface area contributed by atoms with E-state index in [1.165, 1.54) is 6.20 Å². The first-order chi connectivity index (χ1) is 6.79. The molecule has 0 saturated carbocycles. The lowest BCUT2D eigenvalue weighted by atomic mass is 10.1. The van der Waals surface area contributed by atoms with Gasteiger partial charge < -0.3 is 5.73 Å². The molecule has 70 valence electrons. The Kier molecular flexibility index (Phi) is 2.02. The highest BCUT2D eigenvalue weighted by Gasteiger charge is 2.12. The van der Waals surface area contributed by atoms with Crippen LogP contribution in [0.1, 0.15) is 16.1 Å². The molecule has 0 saturated heterocycles. The topological polar surface area (TPSA) is 71.8 Å². The second-order valence-electron chi connectivity index (χ2n) is 2.90. The van der Waals surface area contributed by atoms with Crippen LogP contribution in [-0.4, -0.2) is 16.0 Å². The summed E-state index contributed by atoms with van der Waals surface area (Å²) in [6.07, 6.45) is 1.43. The Labute approximate surface area is 80.8 Å². The zero-order chi connectivity index (χ0) is 9.97. The minimum absolute atomic E-state index is 0.138. The summed E-state index contributed by atoms with van der Waals surface area (Å²) in [5.41, 5.74) is 6.88. The lowest BCUT2D eigenvalue weighted by Crippen LogP contribution is -2.04. The Morgan fingerprint density at radius 2 is 2.00 bits per heavy atom. The first-order valence-corrected chi connectivity index (χ1v) is 4.17. The van der Waals surface area contributed by atoms with Gasteiger partial charge in [0.05, 0.1) is 11.9 Å². The molecular weight excluding hydrogens is 178 g/mol. The monoisotopic (exact) mass is 187 g/mol. The van der Waals surface area contributed by atoms with Crippen LogP contribution in [0.15, 0.2) is 36.5 Å². The van der Waals surface area contributed by atoms with Gasteiger partial charge in [-0.25, -0.2) is 0 Å². The van der Waals surface area contributed by atoms with Crippen molar-refractivity contribution in [3.8, 4) is 0 Å². The van der Waals surface area contributed by atoms with E-state index in [0.29, 0.717) is 16.9 Å². The number of aromatic amines is 1. The number of anilines is 1. The number of carbonyl (C=O) groups is 1. The Morgan fingerprint density at radius 3 is 2.57 bits per heavy atom. The molecule has 1 aromatic heterocycles. The number of rotatable bonds is 2. The SMILES string of the molecule is Nc1cn[nH]c1C(=O)c1ccccc1. The zero-order valence-electron chi connectivity index (χ0n) is 7.40. The normalized spacial score (nSPS) is 10.0. The van der Waals surface area contributed by atoms with Crippen molar-refractivity contribution in [2.45, 2.75) is 0 Å². The number of nitrogen functional groups attached to an aromatic ring is 1. The summed E-state index contributed by atoms with van der Waals surface area (Å²) in [5, 5.41) is 6.28. The third kappa shape index (κ3) is 1.37. The van der Waals surface area contributed by atoms with Gasteiger partial charge in [0, 0.05) is 5.56 Å². The van der Waals surface area contributed by atoms with Crippen molar-refractivity contribution in [2.75, 3.05) is 5.73 Å². The Bertz CT molecular complexity index is 447. The molecule has 2 aromatic rings. The molecule has 2 rings (SSSR count). The van der Waals surface area contributed by atoms with Gasteiger partial charge >= 0.3 is 0 Å². The van der Waals surface area contributed by atoms with E-state index in [0.717, 1.165) is 0 Å². The fourth-order valence-electron chi connectivity index (χ4n) is 1.21. The van der Waals surface area contributed by atoms with Gasteiger partial charge in [0.2, 0.25) is 5.78 Å². The number of aromatic nitrogens is 2. The van der Waals surface area contributed by atoms with Crippen LogP contribution in [0.4, 0.5) is 5.69 Å². The predicted molar refractivity (Wildman–Crippen MR) is 52.9 cm³/mol. The molecule has 4 nitrogen and oxygen atoms in total. The van der Waals surface area contributed by atoms with E-state index in [2.05, 4.69) is 10.2 Å². The summed E-state index contributed by atoms with van der Waals surface area (Å²) >= 11 is 0. The van der Waals surface area contributed by atoms with Crippen LogP contribution >= 0.6 is 0 Å². The van der Waals surface area contributed by atoms with E-state index in [1.54, 1.807) is 24.3 Å². The summed E-state index contributed by atoms with van der Waals surface area (Å²) in [6.45, 7) is 0. The quantitative estimate of drug-likeness (QED) is 0.694. The average molecular weight is 187 g/mol. The van der Waals surface area contributed by atoms with Crippen LogP contribution in [0.5, 0.6) is 0 Å². The van der Waals surface area contributed by atoms with Crippen LogP contribution in [-0.2, 0) is 0 Å². The molecule has 4 heteroatoms. The number of benzene rings is 1. The highest BCUT2D eigenvalue weighted by molar-refractivity contribution is 6.10. The van der Waals surface area contributed by atoms with Crippen molar-refractivity contribution in [1.82, 2.24) is 10.2 Å². The van der Waals surface area contributed by atoms with Gasteiger partial charge in [0.15, 0.2) is 0 Å². The van der Waals surface area contributed by atoms with Gasteiger partial charge in [-0.05, 0) is 0 Å². The zero-order valence-corrected chi connectivity index (χ0v) is 7.40. The van der Waals surface area contributed by atoms with Crippen LogP contribution < -0.4 is 5.73 Å². The minimum atomic E-state index is -0.138. The molecule has 0 spiro atoms. The van der Waals surface area contributed by atoms with Crippen molar-refractivity contribution < 1.29 is 4.79 Å². The molecule has 0 aliphatic heterocycles. The molecule has 0 radical (unpaired) electrons. The van der Waals surface area contributed by atoms with Gasteiger partial charge in [0.25, 0.3) is 0 Å². The van der Waals surface area contributed by atoms with Crippen LogP contribution in [0.2, 0.25) is 0 Å². The van der Waals surface area contributed by atoms with E-state index >= 15 is 0 Å². The molecular formula is C10H9N3O. The second kappa shape index (κ2) is 3.33. The lowest BCUT2D eigenvalue weighted by Gasteiger charge is -1.97. The Hall–Kier alpha value is -2.10. The number of H-pyrrole nitrogens is 1. The first kappa shape index (κ1) is 8.50. The van der Waals surface area contributed by atoms with E-state index < -0.39 is 0 Å². The lowest BCUT2D eigenvalue weighted by molar-refractivity contribution is 0.103. The summed E-state index contributed by atoms with van der Waals surface area (Å²) in [6, 6.07) is 8.94. The van der Waals surface area contributed by atoms with Gasteiger partial charge in [-0.2, -0.15) is 5.10 Å². The number of hydrogen-bond acceptors (Lipinski definition) is 3. The first-order valence-electron chi connectivity index (χ1n) is 4.17. The summed E-state index contributed by atoms with van der Waals surface area (Å²) in [4.78, 5) is 11.8. The molecule has 1 aromatic carbocycles. The molecule has 0 fully saturated rings. The number of nitrogens with zero attached hydrogens (tertiary/aromatic N) is 1. The standard InChI is InChI=1S/C10H9N3O/c11-8-6-12-13-9(8)10(14)7-4-2-1-3-5-7/h1-6H,11H2,(H,12,13). The third-order valence-corrected chi connectivity index (χ3v) is 1.93. The minimum Gasteiger partial charge on any atom is -0.396 e. The highest BCUT2D eigenvalue weighted by Crippen LogP contribution is 2.12. The molecule has 0 amide bonds. The maximum Gasteiger partial charge on any atom is 0.212 e. The van der Waals surface area contributed by atoms with Gasteiger partial charge in [0.1, 0.15) is 5.69 Å². The van der Waals surface area contributed by atoms with E-state index in [-0.39, 0.29) is 5.78 Å². The predicted octanol–water partition coefficient (Wildman–Crippen LogP) is 1.22. The fraction of sp³-hybridized carbons (Fsp3) is 0. The molecule has 0 bridgehead atoms. The van der Waals surface area contributed by atoms with Gasteiger partial charge in [-0.15, -0.1) is 0 Å². The summed E-state index contributed by atoms with van der Waals surface area (Å²) in [7, 11) is 0. The Balaban J connectivity index is 2.39. The van der Waals surface area contributed by atoms with E-state index in [9.17, 15) is 4.79 Å². The molecule has 0 atom stereocenters. The van der Waals surface area contributed by atoms with E-state index in [4.69, 9.17) is 5.73 Å². The summed E-state index contributed by atoms with van der Waals surface area (Å²) in [5.74, 6) is -0.138. The van der Waals surface area contributed by atoms with Crippen LogP contribution in [0, 0.1) is 0 Å². The number of ketones is 1. The average Bonchev–Trinajstić information content (AvgIpc) is 2.65. The van der Waals surface area contributed by atoms with Crippen molar-refractivity contribution in [3.63, 3.8) is 0 Å². The Morgan fingerprint density at radius 1 is 1.29 bits per heavy atom.